The average molecular weight is 364 g/mol. The van der Waals surface area contributed by atoms with Crippen molar-refractivity contribution in [3.8, 4) is 0 Å². The Hall–Kier alpha value is -1.14. The molecule has 0 spiro atoms. The van der Waals surface area contributed by atoms with Gasteiger partial charge in [-0.15, -0.1) is 11.3 Å². The number of carbonyl (C=O) groups is 1. The van der Waals surface area contributed by atoms with Gasteiger partial charge in [-0.05, 0) is 38.2 Å². The zero-order valence-corrected chi connectivity index (χ0v) is 16.5. The molecule has 3 rings (SSSR count). The van der Waals surface area contributed by atoms with Crippen LogP contribution in [0.4, 0.5) is 0 Å². The van der Waals surface area contributed by atoms with Crippen LogP contribution >= 0.6 is 23.1 Å². The summed E-state index contributed by atoms with van der Waals surface area (Å²) in [4.78, 5) is 26.3. The zero-order valence-electron chi connectivity index (χ0n) is 14.9. The van der Waals surface area contributed by atoms with Gasteiger partial charge in [0.25, 0.3) is 0 Å². The smallest absolute Gasteiger partial charge is 0.232 e. The van der Waals surface area contributed by atoms with Gasteiger partial charge in [0.1, 0.15) is 15.7 Å². The van der Waals surface area contributed by atoms with Crippen LogP contribution in [0.5, 0.6) is 0 Å². The van der Waals surface area contributed by atoms with E-state index < -0.39 is 0 Å². The maximum Gasteiger partial charge on any atom is 0.232 e. The lowest BCUT2D eigenvalue weighted by Crippen LogP contribution is -2.40. The fourth-order valence-electron chi connectivity index (χ4n) is 3.15. The van der Waals surface area contributed by atoms with Crippen LogP contribution in [0.15, 0.2) is 5.03 Å². The number of amides is 1. The molecule has 0 radical (unpaired) electrons. The number of aryl methyl sites for hydroxylation is 3. The Morgan fingerprint density at radius 2 is 2.17 bits per heavy atom. The summed E-state index contributed by atoms with van der Waals surface area (Å²) in [5.74, 6) is 2.19. The predicted molar refractivity (Wildman–Crippen MR) is 102 cm³/mol. The van der Waals surface area contributed by atoms with E-state index in [9.17, 15) is 4.79 Å². The number of carbonyl (C=O) groups excluding carboxylic acids is 1. The lowest BCUT2D eigenvalue weighted by atomic mass is 10.0. The largest absolute Gasteiger partial charge is 0.342 e. The van der Waals surface area contributed by atoms with Crippen molar-refractivity contribution >= 4 is 39.2 Å². The van der Waals surface area contributed by atoms with Crippen molar-refractivity contribution in [3.05, 3.63) is 16.3 Å². The second-order valence-electron chi connectivity index (χ2n) is 6.64. The van der Waals surface area contributed by atoms with Crippen molar-refractivity contribution in [1.82, 2.24) is 14.9 Å². The summed E-state index contributed by atoms with van der Waals surface area (Å²) in [5.41, 5.74) is 1.25. The number of likely N-dealkylation sites (tertiary alicyclic amines) is 1. The third kappa shape index (κ3) is 3.59. The molecular weight excluding hydrogens is 338 g/mol. The van der Waals surface area contributed by atoms with Crippen LogP contribution in [-0.4, -0.2) is 39.6 Å². The minimum absolute atomic E-state index is 0.237. The Balaban J connectivity index is 1.80. The van der Waals surface area contributed by atoms with Gasteiger partial charge in [-0.2, -0.15) is 0 Å². The second-order valence-corrected chi connectivity index (χ2v) is 8.81. The highest BCUT2D eigenvalue weighted by Crippen LogP contribution is 2.35. The first-order valence-corrected chi connectivity index (χ1v) is 10.5. The van der Waals surface area contributed by atoms with Crippen molar-refractivity contribution in [2.24, 2.45) is 5.92 Å². The molecule has 1 fully saturated rings. The molecule has 2 aromatic rings. The molecule has 0 aliphatic carbocycles. The number of hydrogen-bond acceptors (Lipinski definition) is 5. The van der Waals surface area contributed by atoms with Crippen molar-refractivity contribution in [2.75, 3.05) is 18.8 Å². The third-order valence-electron chi connectivity index (χ3n) is 4.70. The first-order valence-electron chi connectivity index (χ1n) is 8.66. The van der Waals surface area contributed by atoms with E-state index in [-0.39, 0.29) is 5.91 Å². The minimum Gasteiger partial charge on any atom is -0.342 e. The van der Waals surface area contributed by atoms with Crippen molar-refractivity contribution in [1.29, 1.82) is 0 Å². The van der Waals surface area contributed by atoms with E-state index in [4.69, 9.17) is 4.98 Å². The minimum atomic E-state index is 0.237. The van der Waals surface area contributed by atoms with Gasteiger partial charge < -0.3 is 4.90 Å². The first-order chi connectivity index (χ1) is 11.5. The molecule has 1 amide bonds. The molecule has 1 saturated heterocycles. The van der Waals surface area contributed by atoms with Crippen LogP contribution in [0.2, 0.25) is 0 Å². The molecule has 0 bridgehead atoms. The van der Waals surface area contributed by atoms with E-state index in [0.29, 0.717) is 11.7 Å². The summed E-state index contributed by atoms with van der Waals surface area (Å²) in [6.45, 7) is 10.4. The summed E-state index contributed by atoms with van der Waals surface area (Å²) >= 11 is 3.30. The topological polar surface area (TPSA) is 46.1 Å². The van der Waals surface area contributed by atoms with Gasteiger partial charge in [-0.25, -0.2) is 9.97 Å². The number of rotatable bonds is 4. The molecule has 1 aliphatic rings. The number of aromatic nitrogens is 2. The molecule has 2 aromatic heterocycles. The van der Waals surface area contributed by atoms with E-state index in [1.165, 1.54) is 16.9 Å². The summed E-state index contributed by atoms with van der Waals surface area (Å²) in [6, 6.07) is 0. The zero-order chi connectivity index (χ0) is 17.3. The number of hydrogen-bond donors (Lipinski definition) is 0. The van der Waals surface area contributed by atoms with Gasteiger partial charge in [0.2, 0.25) is 5.91 Å². The number of piperidine rings is 1. The van der Waals surface area contributed by atoms with Crippen LogP contribution < -0.4 is 0 Å². The van der Waals surface area contributed by atoms with Gasteiger partial charge in [-0.1, -0.05) is 25.6 Å². The Morgan fingerprint density at radius 3 is 2.88 bits per heavy atom. The van der Waals surface area contributed by atoms with Gasteiger partial charge in [-0.3, -0.25) is 4.79 Å². The fraction of sp³-hybridized carbons (Fsp3) is 0.611. The summed E-state index contributed by atoms with van der Waals surface area (Å²) in [7, 11) is 0. The monoisotopic (exact) mass is 363 g/mol. The Bertz CT molecular complexity index is 756. The summed E-state index contributed by atoms with van der Waals surface area (Å²) in [5, 5.41) is 2.11. The maximum absolute atomic E-state index is 12.6. The van der Waals surface area contributed by atoms with Gasteiger partial charge in [0.05, 0.1) is 5.75 Å². The molecule has 1 aliphatic heterocycles. The van der Waals surface area contributed by atoms with E-state index in [2.05, 4.69) is 32.7 Å². The first kappa shape index (κ1) is 17.7. The molecular formula is C18H25N3OS2. The number of nitrogens with zero attached hydrogens (tertiary/aromatic N) is 3. The Morgan fingerprint density at radius 1 is 1.38 bits per heavy atom. The number of thioether (sulfide) groups is 1. The fourth-order valence-corrected chi connectivity index (χ4v) is 5.27. The van der Waals surface area contributed by atoms with E-state index >= 15 is 0 Å². The number of thiophene rings is 1. The highest BCUT2D eigenvalue weighted by atomic mass is 32.2. The molecule has 3 heterocycles. The van der Waals surface area contributed by atoms with Crippen molar-refractivity contribution in [2.45, 2.75) is 52.0 Å². The van der Waals surface area contributed by atoms with Gasteiger partial charge in [0, 0.05) is 29.8 Å². The van der Waals surface area contributed by atoms with Gasteiger partial charge in [0.15, 0.2) is 0 Å². The molecule has 4 nitrogen and oxygen atoms in total. The SMILES string of the molecule is CCc1nc(SCC(=O)N2CCCC(C)C2)c2c(C)c(C)sc2n1. The normalized spacial score (nSPS) is 18.3. The van der Waals surface area contributed by atoms with E-state index in [1.54, 1.807) is 23.1 Å². The van der Waals surface area contributed by atoms with Crippen molar-refractivity contribution in [3.63, 3.8) is 0 Å². The highest BCUT2D eigenvalue weighted by Gasteiger charge is 2.22. The Kier molecular flexibility index (Phi) is 5.45. The van der Waals surface area contributed by atoms with Crippen LogP contribution in [0.25, 0.3) is 10.2 Å². The van der Waals surface area contributed by atoms with E-state index in [1.807, 2.05) is 4.90 Å². The van der Waals surface area contributed by atoms with E-state index in [0.717, 1.165) is 47.0 Å². The third-order valence-corrected chi connectivity index (χ3v) is 6.76. The molecule has 0 N–H and O–H groups in total. The average Bonchev–Trinajstić information content (AvgIpc) is 2.86. The number of fused-ring (bicyclic) bond motifs is 1. The van der Waals surface area contributed by atoms with Gasteiger partial charge >= 0.3 is 0 Å². The van der Waals surface area contributed by atoms with Crippen molar-refractivity contribution < 1.29 is 4.79 Å². The molecule has 6 heteroatoms. The quantitative estimate of drug-likeness (QED) is 0.603. The predicted octanol–water partition coefficient (Wildman–Crippen LogP) is 4.22. The van der Waals surface area contributed by atoms with Crippen LogP contribution in [0.1, 0.15) is 43.0 Å². The lowest BCUT2D eigenvalue weighted by molar-refractivity contribution is -0.130. The highest BCUT2D eigenvalue weighted by molar-refractivity contribution is 8.00. The van der Waals surface area contributed by atoms with Crippen LogP contribution in [0, 0.1) is 19.8 Å². The standard InChI is InChI=1S/C18H25N3OS2/c1-5-14-19-17(16-12(3)13(4)24-18(16)20-14)23-10-15(22)21-8-6-7-11(2)9-21/h11H,5-10H2,1-4H3. The lowest BCUT2D eigenvalue weighted by Gasteiger charge is -2.30. The molecule has 1 atom stereocenters. The van der Waals surface area contributed by atoms with Crippen LogP contribution in [0.3, 0.4) is 0 Å². The molecule has 0 aromatic carbocycles. The molecule has 130 valence electrons. The maximum atomic E-state index is 12.6. The molecule has 24 heavy (non-hydrogen) atoms. The van der Waals surface area contributed by atoms with Crippen LogP contribution in [-0.2, 0) is 11.2 Å². The second kappa shape index (κ2) is 7.40. The summed E-state index contributed by atoms with van der Waals surface area (Å²) in [6.07, 6.45) is 3.17. The molecule has 1 unspecified atom stereocenters. The Labute approximate surface area is 152 Å². The molecule has 0 saturated carbocycles. The summed E-state index contributed by atoms with van der Waals surface area (Å²) < 4.78 is 0.